The van der Waals surface area contributed by atoms with Gasteiger partial charge in [-0.05, 0) is 37.1 Å². The summed E-state index contributed by atoms with van der Waals surface area (Å²) in [5.41, 5.74) is 1.40. The maximum atomic E-state index is 12.6. The van der Waals surface area contributed by atoms with Gasteiger partial charge in [-0.15, -0.1) is 5.10 Å². The molecule has 0 aliphatic heterocycles. The van der Waals surface area contributed by atoms with Gasteiger partial charge in [0.15, 0.2) is 0 Å². The Bertz CT molecular complexity index is 742. The molecule has 2 aromatic rings. The molecule has 0 radical (unpaired) electrons. The quantitative estimate of drug-likeness (QED) is 0.793. The van der Waals surface area contributed by atoms with Crippen molar-refractivity contribution in [1.29, 1.82) is 0 Å². The molecule has 1 aromatic carbocycles. The number of aromatic nitrogens is 3. The van der Waals surface area contributed by atoms with E-state index in [1.807, 2.05) is 0 Å². The monoisotopic (exact) mass is 353 g/mol. The Hall–Kier alpha value is -1.84. The number of alkyl halides is 5. The van der Waals surface area contributed by atoms with E-state index < -0.39 is 35.0 Å². The fourth-order valence-electron chi connectivity index (χ4n) is 1.90. The van der Waals surface area contributed by atoms with Crippen molar-refractivity contribution in [1.82, 2.24) is 14.8 Å². The molecule has 0 fully saturated rings. The fourth-order valence-corrected chi connectivity index (χ4v) is 2.87. The van der Waals surface area contributed by atoms with Gasteiger partial charge in [0.25, 0.3) is 5.82 Å². The summed E-state index contributed by atoms with van der Waals surface area (Å²) in [6.45, 7) is 3.28. The molecule has 4 nitrogen and oxygen atoms in total. The van der Waals surface area contributed by atoms with Crippen molar-refractivity contribution in [2.24, 2.45) is 0 Å². The SMILES string of the molecule is Cc1cc(S(=O)CC(F)F)cc(-n2cnc(C(F)(F)F)n2)c1C. The summed E-state index contributed by atoms with van der Waals surface area (Å²) < 4.78 is 75.2. The van der Waals surface area contributed by atoms with Crippen LogP contribution in [0.3, 0.4) is 0 Å². The van der Waals surface area contributed by atoms with E-state index in [0.717, 1.165) is 11.0 Å². The van der Waals surface area contributed by atoms with Crippen molar-refractivity contribution in [2.45, 2.75) is 31.3 Å². The zero-order chi connectivity index (χ0) is 17.4. The lowest BCUT2D eigenvalue weighted by atomic mass is 10.1. The van der Waals surface area contributed by atoms with Crippen LogP contribution in [0.2, 0.25) is 0 Å². The molecule has 0 saturated heterocycles. The average Bonchev–Trinajstić information content (AvgIpc) is 2.90. The Labute approximate surface area is 130 Å². The van der Waals surface area contributed by atoms with Gasteiger partial charge in [0.05, 0.1) is 22.2 Å². The van der Waals surface area contributed by atoms with E-state index in [0.29, 0.717) is 11.1 Å². The zero-order valence-corrected chi connectivity index (χ0v) is 12.9. The van der Waals surface area contributed by atoms with Crippen molar-refractivity contribution >= 4 is 10.8 Å². The predicted octanol–water partition coefficient (Wildman–Crippen LogP) is 3.28. The fraction of sp³-hybridized carbons (Fsp3) is 0.385. The molecule has 10 heteroatoms. The minimum absolute atomic E-state index is 0.104. The normalized spacial score (nSPS) is 13.6. The van der Waals surface area contributed by atoms with Crippen LogP contribution in [0.4, 0.5) is 22.0 Å². The van der Waals surface area contributed by atoms with Gasteiger partial charge in [0, 0.05) is 4.90 Å². The van der Waals surface area contributed by atoms with Gasteiger partial charge in [-0.2, -0.15) is 13.2 Å². The molecule has 23 heavy (non-hydrogen) atoms. The lowest BCUT2D eigenvalue weighted by molar-refractivity contribution is -0.144. The number of hydrogen-bond acceptors (Lipinski definition) is 3. The zero-order valence-electron chi connectivity index (χ0n) is 12.1. The third kappa shape index (κ3) is 3.92. The van der Waals surface area contributed by atoms with Gasteiger partial charge in [-0.1, -0.05) is 0 Å². The minimum atomic E-state index is -4.69. The Morgan fingerprint density at radius 3 is 2.43 bits per heavy atom. The Morgan fingerprint density at radius 1 is 1.26 bits per heavy atom. The van der Waals surface area contributed by atoms with Gasteiger partial charge in [0.2, 0.25) is 6.43 Å². The molecule has 1 atom stereocenters. The molecule has 1 unspecified atom stereocenters. The summed E-state index contributed by atoms with van der Waals surface area (Å²) in [7, 11) is -1.96. The molecule has 0 aliphatic carbocycles. The first-order valence-electron chi connectivity index (χ1n) is 6.36. The average molecular weight is 353 g/mol. The summed E-state index contributed by atoms with van der Waals surface area (Å²) in [6, 6.07) is 2.76. The molecule has 126 valence electrons. The van der Waals surface area contributed by atoms with Crippen LogP contribution in [0.1, 0.15) is 17.0 Å². The first kappa shape index (κ1) is 17.5. The standard InChI is InChI=1S/C13H12F5N3OS/c1-7-3-9(23(22)5-11(14)15)4-10(8(7)2)21-6-19-12(20-21)13(16,17)18/h3-4,6,11H,5H2,1-2H3. The molecular weight excluding hydrogens is 341 g/mol. The van der Waals surface area contributed by atoms with Crippen molar-refractivity contribution in [3.05, 3.63) is 35.4 Å². The molecule has 2 rings (SSSR count). The van der Waals surface area contributed by atoms with Crippen LogP contribution in [0, 0.1) is 13.8 Å². The van der Waals surface area contributed by atoms with E-state index in [4.69, 9.17) is 0 Å². The van der Waals surface area contributed by atoms with Gasteiger partial charge in [-0.25, -0.2) is 18.4 Å². The van der Waals surface area contributed by atoms with Gasteiger partial charge >= 0.3 is 6.18 Å². The number of nitrogens with zero attached hydrogens (tertiary/aromatic N) is 3. The molecule has 1 aromatic heterocycles. The highest BCUT2D eigenvalue weighted by atomic mass is 32.2. The van der Waals surface area contributed by atoms with E-state index >= 15 is 0 Å². The third-order valence-corrected chi connectivity index (χ3v) is 4.46. The highest BCUT2D eigenvalue weighted by Gasteiger charge is 2.36. The lowest BCUT2D eigenvalue weighted by Gasteiger charge is -2.12. The molecule has 0 bridgehead atoms. The van der Waals surface area contributed by atoms with Crippen LogP contribution in [0.15, 0.2) is 23.4 Å². The Morgan fingerprint density at radius 2 is 1.91 bits per heavy atom. The highest BCUT2D eigenvalue weighted by molar-refractivity contribution is 7.85. The topological polar surface area (TPSA) is 47.8 Å². The van der Waals surface area contributed by atoms with Crippen molar-refractivity contribution in [3.8, 4) is 5.69 Å². The number of halogens is 5. The second kappa shape index (κ2) is 6.34. The molecule has 0 saturated carbocycles. The van der Waals surface area contributed by atoms with Gasteiger partial charge < -0.3 is 0 Å². The second-order valence-corrected chi connectivity index (χ2v) is 6.29. The summed E-state index contributed by atoms with van der Waals surface area (Å²) in [4.78, 5) is 3.29. The van der Waals surface area contributed by atoms with Crippen LogP contribution >= 0.6 is 0 Å². The van der Waals surface area contributed by atoms with E-state index in [1.54, 1.807) is 13.8 Å². The van der Waals surface area contributed by atoms with Crippen LogP contribution in [-0.2, 0) is 17.0 Å². The van der Waals surface area contributed by atoms with Crippen LogP contribution in [0.25, 0.3) is 5.69 Å². The summed E-state index contributed by atoms with van der Waals surface area (Å²) >= 11 is 0. The molecule has 0 aliphatic rings. The first-order valence-corrected chi connectivity index (χ1v) is 7.68. The van der Waals surface area contributed by atoms with Crippen molar-refractivity contribution in [3.63, 3.8) is 0 Å². The maximum Gasteiger partial charge on any atom is 0.453 e. The van der Waals surface area contributed by atoms with E-state index in [-0.39, 0.29) is 10.6 Å². The van der Waals surface area contributed by atoms with Crippen LogP contribution in [-0.4, -0.2) is 31.2 Å². The van der Waals surface area contributed by atoms with E-state index in [1.165, 1.54) is 12.1 Å². The molecule has 1 heterocycles. The lowest BCUT2D eigenvalue weighted by Crippen LogP contribution is -2.10. The number of rotatable bonds is 4. The summed E-state index contributed by atoms with van der Waals surface area (Å²) in [5.74, 6) is -2.15. The predicted molar refractivity (Wildman–Crippen MR) is 73.1 cm³/mol. The summed E-state index contributed by atoms with van der Waals surface area (Å²) in [5, 5.41) is 3.35. The number of hydrogen-bond donors (Lipinski definition) is 0. The van der Waals surface area contributed by atoms with E-state index in [2.05, 4.69) is 10.1 Å². The number of benzene rings is 1. The Balaban J connectivity index is 2.48. The molecule has 0 spiro atoms. The van der Waals surface area contributed by atoms with Gasteiger partial charge in [0.1, 0.15) is 6.33 Å². The summed E-state index contributed by atoms with van der Waals surface area (Å²) in [6.07, 6.45) is -6.56. The highest BCUT2D eigenvalue weighted by Crippen LogP contribution is 2.27. The molecule has 0 N–H and O–H groups in total. The second-order valence-electron chi connectivity index (χ2n) is 4.80. The van der Waals surface area contributed by atoms with E-state index in [9.17, 15) is 26.2 Å². The maximum absolute atomic E-state index is 12.6. The van der Waals surface area contributed by atoms with Crippen LogP contribution < -0.4 is 0 Å². The largest absolute Gasteiger partial charge is 0.453 e. The molecule has 0 amide bonds. The van der Waals surface area contributed by atoms with Crippen LogP contribution in [0.5, 0.6) is 0 Å². The smallest absolute Gasteiger partial charge is 0.254 e. The first-order chi connectivity index (χ1) is 10.6. The minimum Gasteiger partial charge on any atom is -0.254 e. The number of aryl methyl sites for hydroxylation is 1. The van der Waals surface area contributed by atoms with Crippen molar-refractivity contribution in [2.75, 3.05) is 5.75 Å². The van der Waals surface area contributed by atoms with Gasteiger partial charge in [-0.3, -0.25) is 4.21 Å². The third-order valence-electron chi connectivity index (χ3n) is 3.15. The Kier molecular flexibility index (Phi) is 4.83. The van der Waals surface area contributed by atoms with Crippen molar-refractivity contribution < 1.29 is 26.2 Å². The molecular formula is C13H12F5N3OS.